The predicted octanol–water partition coefficient (Wildman–Crippen LogP) is 5.43. The third kappa shape index (κ3) is 6.37. The quantitative estimate of drug-likeness (QED) is 0.283. The Labute approximate surface area is 218 Å². The van der Waals surface area contributed by atoms with Crippen molar-refractivity contribution in [1.82, 2.24) is 4.90 Å². The van der Waals surface area contributed by atoms with E-state index in [4.69, 9.17) is 4.74 Å². The van der Waals surface area contributed by atoms with E-state index in [1.54, 1.807) is 53.4 Å². The van der Waals surface area contributed by atoms with Gasteiger partial charge in [-0.1, -0.05) is 90.5 Å². The lowest BCUT2D eigenvalue weighted by atomic mass is 10.1. The first-order valence-electron chi connectivity index (χ1n) is 12.0. The zero-order valence-corrected chi connectivity index (χ0v) is 21.8. The first kappa shape index (κ1) is 26.0. The van der Waals surface area contributed by atoms with Gasteiger partial charge in [0.05, 0.1) is 17.7 Å². The SMILES string of the molecule is COc1ccccc1N(CC(=O)N(Cc1ccccc1)Cc1ccccc1)S(=O)(=O)c1ccc(C)cc1. The van der Waals surface area contributed by atoms with Crippen molar-refractivity contribution in [3.05, 3.63) is 126 Å². The summed E-state index contributed by atoms with van der Waals surface area (Å²) in [7, 11) is -2.59. The van der Waals surface area contributed by atoms with Gasteiger partial charge in [0.2, 0.25) is 5.91 Å². The fourth-order valence-corrected chi connectivity index (χ4v) is 5.46. The summed E-state index contributed by atoms with van der Waals surface area (Å²) in [6.45, 7) is 2.21. The van der Waals surface area contributed by atoms with E-state index >= 15 is 0 Å². The van der Waals surface area contributed by atoms with Crippen molar-refractivity contribution in [3.63, 3.8) is 0 Å². The van der Waals surface area contributed by atoms with E-state index in [9.17, 15) is 13.2 Å². The lowest BCUT2D eigenvalue weighted by molar-refractivity contribution is -0.130. The summed E-state index contributed by atoms with van der Waals surface area (Å²) < 4.78 is 34.4. The summed E-state index contributed by atoms with van der Waals surface area (Å²) in [5.74, 6) is 0.0398. The van der Waals surface area contributed by atoms with Crippen LogP contribution in [0.2, 0.25) is 0 Å². The average Bonchev–Trinajstić information content (AvgIpc) is 2.92. The Hall–Kier alpha value is -4.10. The van der Waals surface area contributed by atoms with Gasteiger partial charge in [0.15, 0.2) is 0 Å². The van der Waals surface area contributed by atoms with Crippen LogP contribution in [0.5, 0.6) is 5.75 Å². The van der Waals surface area contributed by atoms with Crippen molar-refractivity contribution in [1.29, 1.82) is 0 Å². The van der Waals surface area contributed by atoms with Gasteiger partial charge < -0.3 is 9.64 Å². The smallest absolute Gasteiger partial charge is 0.264 e. The number of nitrogens with zero attached hydrogens (tertiary/aromatic N) is 2. The van der Waals surface area contributed by atoms with Gasteiger partial charge in [0.1, 0.15) is 12.3 Å². The van der Waals surface area contributed by atoms with Crippen LogP contribution in [-0.2, 0) is 27.9 Å². The van der Waals surface area contributed by atoms with Gasteiger partial charge in [-0.15, -0.1) is 0 Å². The molecule has 0 radical (unpaired) electrons. The largest absolute Gasteiger partial charge is 0.495 e. The van der Waals surface area contributed by atoms with Crippen molar-refractivity contribution in [2.24, 2.45) is 0 Å². The lowest BCUT2D eigenvalue weighted by Crippen LogP contribution is -2.42. The van der Waals surface area contributed by atoms with Gasteiger partial charge >= 0.3 is 0 Å². The highest BCUT2D eigenvalue weighted by Crippen LogP contribution is 2.32. The summed E-state index contributed by atoms with van der Waals surface area (Å²) in [4.78, 5) is 15.6. The van der Waals surface area contributed by atoms with Gasteiger partial charge in [-0.2, -0.15) is 0 Å². The van der Waals surface area contributed by atoms with Crippen molar-refractivity contribution >= 4 is 21.6 Å². The highest BCUT2D eigenvalue weighted by atomic mass is 32.2. The zero-order chi connectivity index (χ0) is 26.3. The van der Waals surface area contributed by atoms with Crippen molar-refractivity contribution in [3.8, 4) is 5.75 Å². The number of ether oxygens (including phenoxy) is 1. The molecule has 0 heterocycles. The van der Waals surface area contributed by atoms with Crippen LogP contribution in [0.15, 0.2) is 114 Å². The molecule has 0 aliphatic heterocycles. The molecule has 4 aromatic rings. The molecule has 4 aromatic carbocycles. The number of amides is 1. The van der Waals surface area contributed by atoms with Crippen molar-refractivity contribution in [2.45, 2.75) is 24.9 Å². The van der Waals surface area contributed by atoms with Crippen LogP contribution >= 0.6 is 0 Å². The van der Waals surface area contributed by atoms with Crippen molar-refractivity contribution in [2.75, 3.05) is 18.0 Å². The molecular formula is C30H30N2O4S. The number of aryl methyl sites for hydroxylation is 1. The van der Waals surface area contributed by atoms with Gasteiger partial charge in [0.25, 0.3) is 10.0 Å². The summed E-state index contributed by atoms with van der Waals surface area (Å²) in [5.41, 5.74) is 3.16. The molecule has 0 aliphatic carbocycles. The minimum Gasteiger partial charge on any atom is -0.495 e. The van der Waals surface area contributed by atoms with E-state index in [2.05, 4.69) is 0 Å². The Balaban J connectivity index is 1.73. The number of para-hydroxylation sites is 2. The van der Waals surface area contributed by atoms with Crippen molar-refractivity contribution < 1.29 is 17.9 Å². The Bertz CT molecular complexity index is 1380. The Morgan fingerprint density at radius 2 is 1.24 bits per heavy atom. The molecule has 0 saturated carbocycles. The zero-order valence-electron chi connectivity index (χ0n) is 20.9. The standard InChI is InChI=1S/C30H30N2O4S/c1-24-17-19-27(20-18-24)37(34,35)32(28-15-9-10-16-29(28)36-2)23-30(33)31(21-25-11-5-3-6-12-25)22-26-13-7-4-8-14-26/h3-20H,21-23H2,1-2H3. The third-order valence-corrected chi connectivity index (χ3v) is 7.80. The monoisotopic (exact) mass is 514 g/mol. The van der Waals surface area contributed by atoms with E-state index in [0.29, 0.717) is 24.5 Å². The Morgan fingerprint density at radius 1 is 0.730 bits per heavy atom. The summed E-state index contributed by atoms with van der Waals surface area (Å²) in [5, 5.41) is 0. The molecule has 1 amide bonds. The molecular weight excluding hydrogens is 484 g/mol. The molecule has 0 unspecified atom stereocenters. The minimum absolute atomic E-state index is 0.106. The van der Waals surface area contributed by atoms with E-state index < -0.39 is 10.0 Å². The maximum absolute atomic E-state index is 13.9. The molecule has 7 heteroatoms. The minimum atomic E-state index is -4.07. The van der Waals surface area contributed by atoms with Crippen LogP contribution in [-0.4, -0.2) is 32.9 Å². The van der Waals surface area contributed by atoms with Gasteiger partial charge in [0, 0.05) is 13.1 Å². The molecule has 0 aliphatic rings. The van der Waals surface area contributed by atoms with E-state index in [1.807, 2.05) is 67.6 Å². The Morgan fingerprint density at radius 3 is 1.78 bits per heavy atom. The number of hydrogen-bond donors (Lipinski definition) is 0. The Kier molecular flexibility index (Phi) is 8.25. The first-order valence-corrected chi connectivity index (χ1v) is 13.4. The maximum atomic E-state index is 13.9. The third-order valence-electron chi connectivity index (χ3n) is 6.03. The fourth-order valence-electron chi connectivity index (χ4n) is 4.04. The number of carbonyl (C=O) groups excluding carboxylic acids is 1. The van der Waals surface area contributed by atoms with Crippen LogP contribution < -0.4 is 9.04 Å². The molecule has 0 aromatic heterocycles. The first-order chi connectivity index (χ1) is 17.9. The van der Waals surface area contributed by atoms with Crippen LogP contribution in [0.4, 0.5) is 5.69 Å². The number of hydrogen-bond acceptors (Lipinski definition) is 4. The molecule has 4 rings (SSSR count). The average molecular weight is 515 g/mol. The second-order valence-corrected chi connectivity index (χ2v) is 10.6. The molecule has 37 heavy (non-hydrogen) atoms. The number of anilines is 1. The number of sulfonamides is 1. The summed E-state index contributed by atoms with van der Waals surface area (Å²) >= 11 is 0. The van der Waals surface area contributed by atoms with Crippen LogP contribution in [0, 0.1) is 6.92 Å². The highest BCUT2D eigenvalue weighted by Gasteiger charge is 2.31. The maximum Gasteiger partial charge on any atom is 0.264 e. The van der Waals surface area contributed by atoms with E-state index in [0.717, 1.165) is 21.0 Å². The molecule has 0 bridgehead atoms. The second-order valence-electron chi connectivity index (χ2n) is 8.72. The molecule has 0 saturated heterocycles. The molecule has 0 atom stereocenters. The second kappa shape index (κ2) is 11.8. The van der Waals surface area contributed by atoms with Gasteiger partial charge in [-0.3, -0.25) is 9.10 Å². The number of methoxy groups -OCH3 is 1. The van der Waals surface area contributed by atoms with Crippen LogP contribution in [0.1, 0.15) is 16.7 Å². The number of rotatable bonds is 10. The molecule has 6 nitrogen and oxygen atoms in total. The van der Waals surface area contributed by atoms with Crippen LogP contribution in [0.25, 0.3) is 0 Å². The predicted molar refractivity (Wildman–Crippen MR) is 146 cm³/mol. The normalized spacial score (nSPS) is 11.1. The number of carbonyl (C=O) groups is 1. The molecule has 0 N–H and O–H groups in total. The van der Waals surface area contributed by atoms with E-state index in [-0.39, 0.29) is 17.3 Å². The molecule has 0 spiro atoms. The van der Waals surface area contributed by atoms with Crippen LogP contribution in [0.3, 0.4) is 0 Å². The fraction of sp³-hybridized carbons (Fsp3) is 0.167. The van der Waals surface area contributed by atoms with Gasteiger partial charge in [-0.05, 0) is 42.3 Å². The van der Waals surface area contributed by atoms with Gasteiger partial charge in [-0.25, -0.2) is 8.42 Å². The summed E-state index contributed by atoms with van der Waals surface area (Å²) in [6, 6.07) is 32.8. The topological polar surface area (TPSA) is 66.9 Å². The lowest BCUT2D eigenvalue weighted by Gasteiger charge is -2.29. The molecule has 0 fully saturated rings. The highest BCUT2D eigenvalue weighted by molar-refractivity contribution is 7.92. The molecule has 190 valence electrons. The van der Waals surface area contributed by atoms with E-state index in [1.165, 1.54) is 7.11 Å². The summed E-state index contributed by atoms with van der Waals surface area (Å²) in [6.07, 6.45) is 0. The number of benzene rings is 4.